The molecule has 0 saturated carbocycles. The summed E-state index contributed by atoms with van der Waals surface area (Å²) in [6.07, 6.45) is -4.77. The van der Waals surface area contributed by atoms with Crippen LogP contribution in [-0.4, -0.2) is 56.3 Å². The van der Waals surface area contributed by atoms with Gasteiger partial charge in [0.2, 0.25) is 15.9 Å². The van der Waals surface area contributed by atoms with Crippen molar-refractivity contribution in [1.82, 2.24) is 9.21 Å². The van der Waals surface area contributed by atoms with Crippen LogP contribution in [0.15, 0.2) is 71.6 Å². The Hall–Kier alpha value is -2.95. The molecule has 33 heavy (non-hydrogen) atoms. The second kappa shape index (κ2) is 9.12. The largest absolute Gasteiger partial charge is 0.417 e. The number of alkyl halides is 3. The first-order valence-electron chi connectivity index (χ1n) is 10.3. The van der Waals surface area contributed by atoms with Crippen LogP contribution in [0.5, 0.6) is 0 Å². The van der Waals surface area contributed by atoms with Gasteiger partial charge in [-0.25, -0.2) is 8.42 Å². The topological polar surface area (TPSA) is 69.7 Å². The highest BCUT2D eigenvalue weighted by Crippen LogP contribution is 2.35. The SMILES string of the molecule is O=C(CN1CCN(S(=O)(=O)c2ccccc2C(F)(F)F)CC1)Nc1ccc2ccccc2c1. The van der Waals surface area contributed by atoms with Crippen molar-refractivity contribution in [3.05, 3.63) is 72.3 Å². The lowest BCUT2D eigenvalue weighted by Gasteiger charge is -2.34. The zero-order valence-electron chi connectivity index (χ0n) is 17.5. The highest BCUT2D eigenvalue weighted by Gasteiger charge is 2.39. The van der Waals surface area contributed by atoms with Crippen LogP contribution in [0.4, 0.5) is 18.9 Å². The van der Waals surface area contributed by atoms with Crippen LogP contribution in [-0.2, 0) is 21.0 Å². The lowest BCUT2D eigenvalue weighted by Crippen LogP contribution is -2.50. The highest BCUT2D eigenvalue weighted by atomic mass is 32.2. The zero-order valence-corrected chi connectivity index (χ0v) is 18.4. The quantitative estimate of drug-likeness (QED) is 0.607. The van der Waals surface area contributed by atoms with Crippen molar-refractivity contribution in [1.29, 1.82) is 0 Å². The third-order valence-electron chi connectivity index (χ3n) is 5.54. The second-order valence-corrected chi connectivity index (χ2v) is 9.69. The van der Waals surface area contributed by atoms with E-state index in [0.717, 1.165) is 33.3 Å². The maximum absolute atomic E-state index is 13.3. The summed E-state index contributed by atoms with van der Waals surface area (Å²) in [5.74, 6) is -0.246. The molecule has 3 aromatic rings. The Morgan fingerprint density at radius 2 is 1.52 bits per heavy atom. The van der Waals surface area contributed by atoms with Gasteiger partial charge in [-0.2, -0.15) is 17.5 Å². The molecule has 1 fully saturated rings. The average molecular weight is 478 g/mol. The lowest BCUT2D eigenvalue weighted by molar-refractivity contribution is -0.140. The van der Waals surface area contributed by atoms with Gasteiger partial charge in [-0.3, -0.25) is 9.69 Å². The standard InChI is InChI=1S/C23H22F3N3O3S/c24-23(25,26)20-7-3-4-8-21(20)33(31,32)29-13-11-28(12-14-29)16-22(30)27-19-10-9-17-5-1-2-6-18(17)15-19/h1-10,15H,11-14,16H2,(H,27,30). The number of sulfonamides is 1. The molecule has 1 amide bonds. The first kappa shape index (κ1) is 23.2. The number of fused-ring (bicyclic) bond motifs is 1. The van der Waals surface area contributed by atoms with Gasteiger partial charge in [-0.15, -0.1) is 0 Å². The number of nitrogens with zero attached hydrogens (tertiary/aromatic N) is 2. The molecule has 0 bridgehead atoms. The van der Waals surface area contributed by atoms with Crippen LogP contribution >= 0.6 is 0 Å². The minimum atomic E-state index is -4.77. The Morgan fingerprint density at radius 3 is 2.21 bits per heavy atom. The van der Waals surface area contributed by atoms with Crippen molar-refractivity contribution >= 4 is 32.4 Å². The van der Waals surface area contributed by atoms with E-state index in [-0.39, 0.29) is 38.6 Å². The molecule has 1 aliphatic heterocycles. The van der Waals surface area contributed by atoms with E-state index < -0.39 is 26.7 Å². The number of anilines is 1. The third kappa shape index (κ3) is 5.18. The van der Waals surface area contributed by atoms with Gasteiger partial charge < -0.3 is 5.32 Å². The van der Waals surface area contributed by atoms with Crippen LogP contribution in [0.2, 0.25) is 0 Å². The van der Waals surface area contributed by atoms with Gasteiger partial charge in [-0.05, 0) is 35.0 Å². The molecule has 0 aromatic heterocycles. The van der Waals surface area contributed by atoms with Crippen LogP contribution in [0, 0.1) is 0 Å². The molecule has 1 aliphatic rings. The van der Waals surface area contributed by atoms with E-state index in [1.807, 2.05) is 42.5 Å². The van der Waals surface area contributed by atoms with Crippen molar-refractivity contribution in [2.24, 2.45) is 0 Å². The number of amides is 1. The fraction of sp³-hybridized carbons (Fsp3) is 0.261. The molecule has 1 saturated heterocycles. The number of nitrogens with one attached hydrogen (secondary N) is 1. The molecule has 3 aromatic carbocycles. The van der Waals surface area contributed by atoms with Gasteiger partial charge in [0.15, 0.2) is 0 Å². The van der Waals surface area contributed by atoms with Gasteiger partial charge >= 0.3 is 6.18 Å². The molecule has 10 heteroatoms. The molecule has 0 spiro atoms. The number of carbonyl (C=O) groups excluding carboxylic acids is 1. The van der Waals surface area contributed by atoms with E-state index in [4.69, 9.17) is 0 Å². The maximum atomic E-state index is 13.3. The summed E-state index contributed by atoms with van der Waals surface area (Å²) >= 11 is 0. The van der Waals surface area contributed by atoms with Crippen molar-refractivity contribution in [3.8, 4) is 0 Å². The van der Waals surface area contributed by atoms with E-state index in [0.29, 0.717) is 5.69 Å². The molecule has 0 atom stereocenters. The van der Waals surface area contributed by atoms with Crippen LogP contribution in [0.3, 0.4) is 0 Å². The minimum absolute atomic E-state index is 0.00220. The number of hydrogen-bond donors (Lipinski definition) is 1. The highest BCUT2D eigenvalue weighted by molar-refractivity contribution is 7.89. The fourth-order valence-corrected chi connectivity index (χ4v) is 5.50. The zero-order chi connectivity index (χ0) is 23.6. The molecule has 0 aliphatic carbocycles. The van der Waals surface area contributed by atoms with E-state index in [1.165, 1.54) is 6.07 Å². The molecular formula is C23H22F3N3O3S. The lowest BCUT2D eigenvalue weighted by atomic mass is 10.1. The van der Waals surface area contributed by atoms with Gasteiger partial charge in [0.1, 0.15) is 0 Å². The van der Waals surface area contributed by atoms with Crippen LogP contribution < -0.4 is 5.32 Å². The molecule has 174 valence electrons. The molecule has 0 unspecified atom stereocenters. The molecular weight excluding hydrogens is 455 g/mol. The van der Waals surface area contributed by atoms with Crippen molar-refractivity contribution in [2.45, 2.75) is 11.1 Å². The van der Waals surface area contributed by atoms with Gasteiger partial charge in [0.05, 0.1) is 17.0 Å². The number of hydrogen-bond acceptors (Lipinski definition) is 4. The number of rotatable bonds is 5. The number of benzene rings is 3. The second-order valence-electron chi connectivity index (χ2n) is 7.78. The fourth-order valence-electron chi connectivity index (χ4n) is 3.86. The number of piperazine rings is 1. The predicted molar refractivity (Wildman–Crippen MR) is 119 cm³/mol. The smallest absolute Gasteiger partial charge is 0.325 e. The van der Waals surface area contributed by atoms with Crippen molar-refractivity contribution in [2.75, 3.05) is 38.0 Å². The van der Waals surface area contributed by atoms with Gasteiger partial charge in [0.25, 0.3) is 0 Å². The Labute approximate surface area is 189 Å². The molecule has 1 N–H and O–H groups in total. The summed E-state index contributed by atoms with van der Waals surface area (Å²) < 4.78 is 66.6. The summed E-state index contributed by atoms with van der Waals surface area (Å²) in [6.45, 7) is 0.520. The maximum Gasteiger partial charge on any atom is 0.417 e. The Kier molecular flexibility index (Phi) is 6.42. The molecule has 0 radical (unpaired) electrons. The molecule has 1 heterocycles. The normalized spacial score (nSPS) is 16.1. The average Bonchev–Trinajstić information content (AvgIpc) is 2.79. The Morgan fingerprint density at radius 1 is 0.879 bits per heavy atom. The summed E-state index contributed by atoms with van der Waals surface area (Å²) in [5.41, 5.74) is -0.522. The van der Waals surface area contributed by atoms with E-state index in [1.54, 1.807) is 4.90 Å². The molecule has 6 nitrogen and oxygen atoms in total. The number of carbonyl (C=O) groups is 1. The first-order valence-corrected chi connectivity index (χ1v) is 11.8. The van der Waals surface area contributed by atoms with Gasteiger partial charge in [-0.1, -0.05) is 42.5 Å². The minimum Gasteiger partial charge on any atom is -0.325 e. The van der Waals surface area contributed by atoms with E-state index in [9.17, 15) is 26.4 Å². The predicted octanol–water partition coefficient (Wildman–Crippen LogP) is 3.80. The Balaban J connectivity index is 1.37. The summed E-state index contributed by atoms with van der Waals surface area (Å²) in [5, 5.41) is 4.88. The van der Waals surface area contributed by atoms with Crippen LogP contribution in [0.25, 0.3) is 10.8 Å². The summed E-state index contributed by atoms with van der Waals surface area (Å²) in [7, 11) is -4.31. The Bertz CT molecular complexity index is 1270. The van der Waals surface area contributed by atoms with Crippen LogP contribution in [0.1, 0.15) is 5.56 Å². The third-order valence-corrected chi connectivity index (χ3v) is 7.50. The van der Waals surface area contributed by atoms with E-state index in [2.05, 4.69) is 5.32 Å². The first-order chi connectivity index (χ1) is 15.6. The number of halogens is 3. The van der Waals surface area contributed by atoms with E-state index >= 15 is 0 Å². The summed E-state index contributed by atoms with van der Waals surface area (Å²) in [6, 6.07) is 17.5. The summed E-state index contributed by atoms with van der Waals surface area (Å²) in [4.78, 5) is 13.5. The van der Waals surface area contributed by atoms with Crippen molar-refractivity contribution in [3.63, 3.8) is 0 Å². The monoisotopic (exact) mass is 477 g/mol. The van der Waals surface area contributed by atoms with Gasteiger partial charge in [0, 0.05) is 31.9 Å². The van der Waals surface area contributed by atoms with Crippen molar-refractivity contribution < 1.29 is 26.4 Å². The molecule has 4 rings (SSSR count).